The van der Waals surface area contributed by atoms with E-state index in [0.717, 1.165) is 54.9 Å². The highest BCUT2D eigenvalue weighted by molar-refractivity contribution is 6.30. The number of aliphatic hydroxyl groups is 1. The molecule has 4 nitrogen and oxygen atoms in total. The van der Waals surface area contributed by atoms with Crippen LogP contribution in [0.3, 0.4) is 0 Å². The van der Waals surface area contributed by atoms with E-state index < -0.39 is 0 Å². The number of hydrogen-bond donors (Lipinski definition) is 1. The molecule has 0 spiro atoms. The van der Waals surface area contributed by atoms with Crippen molar-refractivity contribution < 1.29 is 9.84 Å². The van der Waals surface area contributed by atoms with E-state index in [1.54, 1.807) is 0 Å². The van der Waals surface area contributed by atoms with Gasteiger partial charge in [-0.2, -0.15) is 0 Å². The van der Waals surface area contributed by atoms with Crippen LogP contribution in [0, 0.1) is 5.92 Å². The molecule has 3 aliphatic rings. The molecule has 0 radical (unpaired) electrons. The molecule has 2 heterocycles. The second-order valence-corrected chi connectivity index (χ2v) is 9.11. The lowest BCUT2D eigenvalue weighted by molar-refractivity contribution is 0.0466. The van der Waals surface area contributed by atoms with Crippen molar-refractivity contribution in [3.8, 4) is 5.75 Å². The Morgan fingerprint density at radius 3 is 2.82 bits per heavy atom. The summed E-state index contributed by atoms with van der Waals surface area (Å²) in [4.78, 5) is 5.19. The first-order valence-electron chi connectivity index (χ1n) is 10.9. The molecule has 1 atom stereocenters. The third kappa shape index (κ3) is 5.10. The number of piperazine rings is 1. The number of fused-ring (bicyclic) bond motifs is 1. The summed E-state index contributed by atoms with van der Waals surface area (Å²) < 4.78 is 5.92. The van der Waals surface area contributed by atoms with Gasteiger partial charge in [-0.15, -0.1) is 0 Å². The second kappa shape index (κ2) is 9.62. The maximum absolute atomic E-state index is 9.60. The van der Waals surface area contributed by atoms with Gasteiger partial charge in [0.1, 0.15) is 12.4 Å². The summed E-state index contributed by atoms with van der Waals surface area (Å²) in [5.74, 6) is 1.78. The largest absolute Gasteiger partial charge is 0.489 e. The topological polar surface area (TPSA) is 35.9 Å². The standard InChI is InChI=1S/C23H33ClN2O2/c24-21-6-7-23-20(13-21)12-19(17-28-23)14-25-9-10-26(22(16-25)8-11-27)15-18-4-2-1-3-5-18/h6-7,12-13,18,22,27H,1-5,8-11,14-17H2. The van der Waals surface area contributed by atoms with E-state index in [4.69, 9.17) is 16.3 Å². The number of nitrogens with zero attached hydrogens (tertiary/aromatic N) is 2. The predicted octanol–water partition coefficient (Wildman–Crippen LogP) is 4.06. The Bertz CT molecular complexity index is 687. The van der Waals surface area contributed by atoms with Crippen LogP contribution in [0.5, 0.6) is 5.75 Å². The normalized spacial score (nSPS) is 24.5. The van der Waals surface area contributed by atoms with Crippen molar-refractivity contribution in [1.29, 1.82) is 0 Å². The molecule has 5 heteroatoms. The Hall–Kier alpha value is -1.07. The zero-order valence-corrected chi connectivity index (χ0v) is 17.5. The van der Waals surface area contributed by atoms with Gasteiger partial charge in [-0.25, -0.2) is 0 Å². The van der Waals surface area contributed by atoms with Crippen molar-refractivity contribution in [3.63, 3.8) is 0 Å². The lowest BCUT2D eigenvalue weighted by Gasteiger charge is -2.43. The monoisotopic (exact) mass is 404 g/mol. The van der Waals surface area contributed by atoms with Gasteiger partial charge in [0.25, 0.3) is 0 Å². The molecule has 1 saturated heterocycles. The van der Waals surface area contributed by atoms with Gasteiger partial charge in [0.2, 0.25) is 0 Å². The molecule has 2 aliphatic heterocycles. The van der Waals surface area contributed by atoms with Crippen molar-refractivity contribution in [2.24, 2.45) is 5.92 Å². The van der Waals surface area contributed by atoms with E-state index in [1.807, 2.05) is 18.2 Å². The van der Waals surface area contributed by atoms with Crippen LogP contribution < -0.4 is 4.74 Å². The lowest BCUT2D eigenvalue weighted by atomic mass is 9.88. The molecule has 1 saturated carbocycles. The van der Waals surface area contributed by atoms with E-state index >= 15 is 0 Å². The summed E-state index contributed by atoms with van der Waals surface area (Å²) in [5, 5.41) is 10.3. The summed E-state index contributed by atoms with van der Waals surface area (Å²) in [6.07, 6.45) is 10.1. The van der Waals surface area contributed by atoms with Crippen molar-refractivity contribution in [2.45, 2.75) is 44.6 Å². The quantitative estimate of drug-likeness (QED) is 0.775. The average molecular weight is 405 g/mol. The SMILES string of the molecule is OCCC1CN(CC2=Cc3cc(Cl)ccc3OC2)CCN1CC1CCCCC1. The van der Waals surface area contributed by atoms with E-state index in [0.29, 0.717) is 12.6 Å². The van der Waals surface area contributed by atoms with Gasteiger partial charge in [-0.3, -0.25) is 9.80 Å². The zero-order chi connectivity index (χ0) is 19.3. The Morgan fingerprint density at radius 2 is 2.00 bits per heavy atom. The van der Waals surface area contributed by atoms with Crippen LogP contribution >= 0.6 is 11.6 Å². The fraction of sp³-hybridized carbons (Fsp3) is 0.652. The minimum atomic E-state index is 0.275. The smallest absolute Gasteiger partial charge is 0.127 e. The molecule has 2 fully saturated rings. The molecule has 0 bridgehead atoms. The summed E-state index contributed by atoms with van der Waals surface area (Å²) in [6, 6.07) is 6.27. The van der Waals surface area contributed by atoms with Gasteiger partial charge in [-0.1, -0.05) is 30.9 Å². The minimum absolute atomic E-state index is 0.275. The van der Waals surface area contributed by atoms with E-state index in [2.05, 4.69) is 15.9 Å². The molecular formula is C23H33ClN2O2. The Labute approximate surface area is 174 Å². The summed E-state index contributed by atoms with van der Waals surface area (Å²) in [5.41, 5.74) is 2.38. The van der Waals surface area contributed by atoms with Crippen LogP contribution in [0.2, 0.25) is 5.02 Å². The molecule has 1 aromatic rings. The maximum atomic E-state index is 9.60. The number of aliphatic hydroxyl groups excluding tert-OH is 1. The molecule has 154 valence electrons. The number of hydrogen-bond acceptors (Lipinski definition) is 4. The minimum Gasteiger partial charge on any atom is -0.489 e. The lowest BCUT2D eigenvalue weighted by Crippen LogP contribution is -2.55. The number of halogens is 1. The van der Waals surface area contributed by atoms with Gasteiger partial charge in [-0.05, 0) is 55.0 Å². The first-order chi connectivity index (χ1) is 13.7. The summed E-state index contributed by atoms with van der Waals surface area (Å²) in [6.45, 7) is 6.32. The predicted molar refractivity (Wildman–Crippen MR) is 115 cm³/mol. The Balaban J connectivity index is 1.36. The maximum Gasteiger partial charge on any atom is 0.127 e. The van der Waals surface area contributed by atoms with Gasteiger partial charge >= 0.3 is 0 Å². The van der Waals surface area contributed by atoms with Crippen LogP contribution in [0.15, 0.2) is 23.8 Å². The molecular weight excluding hydrogens is 372 g/mol. The molecule has 1 N–H and O–H groups in total. The third-order valence-electron chi connectivity index (χ3n) is 6.54. The van der Waals surface area contributed by atoms with Gasteiger partial charge < -0.3 is 9.84 Å². The number of ether oxygens (including phenoxy) is 1. The Kier molecular flexibility index (Phi) is 6.94. The first-order valence-corrected chi connectivity index (χ1v) is 11.3. The molecule has 0 amide bonds. The highest BCUT2D eigenvalue weighted by atomic mass is 35.5. The molecule has 1 unspecified atom stereocenters. The van der Waals surface area contributed by atoms with Gasteiger partial charge in [0.15, 0.2) is 0 Å². The fourth-order valence-corrected chi connectivity index (χ4v) is 5.22. The summed E-state index contributed by atoms with van der Waals surface area (Å²) in [7, 11) is 0. The number of rotatable bonds is 6. The molecule has 28 heavy (non-hydrogen) atoms. The van der Waals surface area contributed by atoms with Crippen molar-refractivity contribution in [3.05, 3.63) is 34.4 Å². The van der Waals surface area contributed by atoms with Gasteiger partial charge in [0, 0.05) is 56.0 Å². The highest BCUT2D eigenvalue weighted by Gasteiger charge is 2.29. The van der Waals surface area contributed by atoms with Crippen LogP contribution in [-0.2, 0) is 0 Å². The second-order valence-electron chi connectivity index (χ2n) is 8.67. The molecule has 1 aromatic carbocycles. The van der Waals surface area contributed by atoms with Crippen LogP contribution in [0.25, 0.3) is 6.08 Å². The van der Waals surface area contributed by atoms with Crippen LogP contribution in [0.4, 0.5) is 0 Å². The molecule has 0 aromatic heterocycles. The van der Waals surface area contributed by atoms with E-state index in [1.165, 1.54) is 44.2 Å². The third-order valence-corrected chi connectivity index (χ3v) is 6.77. The van der Waals surface area contributed by atoms with E-state index in [9.17, 15) is 5.11 Å². The summed E-state index contributed by atoms with van der Waals surface area (Å²) >= 11 is 6.14. The highest BCUT2D eigenvalue weighted by Crippen LogP contribution is 2.30. The van der Waals surface area contributed by atoms with Crippen LogP contribution in [-0.4, -0.2) is 66.9 Å². The average Bonchev–Trinajstić information content (AvgIpc) is 2.71. The molecule has 4 rings (SSSR count). The number of benzene rings is 1. The Morgan fingerprint density at radius 1 is 1.14 bits per heavy atom. The van der Waals surface area contributed by atoms with Crippen molar-refractivity contribution >= 4 is 17.7 Å². The van der Waals surface area contributed by atoms with Crippen molar-refractivity contribution in [1.82, 2.24) is 9.80 Å². The van der Waals surface area contributed by atoms with E-state index in [-0.39, 0.29) is 6.61 Å². The molecule has 1 aliphatic carbocycles. The zero-order valence-electron chi connectivity index (χ0n) is 16.8. The first kappa shape index (κ1) is 20.2. The fourth-order valence-electron chi connectivity index (χ4n) is 5.04. The van der Waals surface area contributed by atoms with Crippen molar-refractivity contribution in [2.75, 3.05) is 45.9 Å². The van der Waals surface area contributed by atoms with Gasteiger partial charge in [0.05, 0.1) is 0 Å². The van der Waals surface area contributed by atoms with Crippen LogP contribution in [0.1, 0.15) is 44.1 Å².